The van der Waals surface area contributed by atoms with E-state index in [1.54, 1.807) is 6.92 Å². The number of anilines is 1. The Morgan fingerprint density at radius 1 is 1.10 bits per heavy atom. The fraction of sp³-hybridized carbons (Fsp3) is 0.435. The van der Waals surface area contributed by atoms with Crippen molar-refractivity contribution in [3.63, 3.8) is 0 Å². The fourth-order valence-electron chi connectivity index (χ4n) is 4.59. The number of para-hydroxylation sites is 1. The van der Waals surface area contributed by atoms with E-state index in [9.17, 15) is 9.90 Å². The summed E-state index contributed by atoms with van der Waals surface area (Å²) in [4.78, 5) is 16.2. The summed E-state index contributed by atoms with van der Waals surface area (Å²) in [5.41, 5.74) is 5.06. The number of hydrogen-bond acceptors (Lipinski definition) is 4. The van der Waals surface area contributed by atoms with Gasteiger partial charge in [-0.2, -0.15) is 0 Å². The highest BCUT2D eigenvalue weighted by molar-refractivity contribution is 14.1. The van der Waals surface area contributed by atoms with Crippen LogP contribution >= 0.6 is 22.6 Å². The molecule has 154 valence electrons. The van der Waals surface area contributed by atoms with Gasteiger partial charge in [-0.15, -0.1) is 0 Å². The second-order valence-electron chi connectivity index (χ2n) is 7.98. The standard InChI is InChI=1S/C23H28IN3O2/c1-16(28)25-15-18-5-2-3-8-21(18)26-9-11-27(12-10-26)22-14-19-17(13-23(22)29)6-4-7-20(19)24/h2-8,22-23,29H,9-15H2,1H3,(H,25,28)/t22-,23-/m1/s1. The molecule has 0 saturated carbocycles. The van der Waals surface area contributed by atoms with Gasteiger partial charge < -0.3 is 15.3 Å². The average molecular weight is 505 g/mol. The summed E-state index contributed by atoms with van der Waals surface area (Å²) in [5, 5.41) is 13.7. The number of hydrogen-bond donors (Lipinski definition) is 2. The van der Waals surface area contributed by atoms with Gasteiger partial charge in [0, 0.05) is 61.4 Å². The summed E-state index contributed by atoms with van der Waals surface area (Å²) >= 11 is 2.42. The van der Waals surface area contributed by atoms with Crippen LogP contribution in [0.1, 0.15) is 23.6 Å². The number of nitrogens with one attached hydrogen (secondary N) is 1. The van der Waals surface area contributed by atoms with Gasteiger partial charge in [-0.1, -0.05) is 30.3 Å². The first-order valence-electron chi connectivity index (χ1n) is 10.3. The molecule has 0 spiro atoms. The molecule has 1 fully saturated rings. The van der Waals surface area contributed by atoms with Crippen LogP contribution in [0.4, 0.5) is 5.69 Å². The number of aliphatic hydroxyl groups is 1. The zero-order valence-corrected chi connectivity index (χ0v) is 18.9. The van der Waals surface area contributed by atoms with Gasteiger partial charge in [0.05, 0.1) is 6.10 Å². The van der Waals surface area contributed by atoms with Crippen LogP contribution in [-0.4, -0.2) is 54.2 Å². The van der Waals surface area contributed by atoms with E-state index in [4.69, 9.17) is 0 Å². The molecule has 1 amide bonds. The van der Waals surface area contributed by atoms with E-state index in [0.717, 1.165) is 44.6 Å². The van der Waals surface area contributed by atoms with Crippen LogP contribution in [0.15, 0.2) is 42.5 Å². The number of rotatable bonds is 4. The summed E-state index contributed by atoms with van der Waals surface area (Å²) in [6.07, 6.45) is 1.37. The van der Waals surface area contributed by atoms with E-state index in [1.807, 2.05) is 6.07 Å². The van der Waals surface area contributed by atoms with E-state index in [0.29, 0.717) is 6.54 Å². The molecule has 1 aliphatic heterocycles. The maximum absolute atomic E-state index is 11.3. The first kappa shape index (κ1) is 20.6. The number of amides is 1. The number of carbonyl (C=O) groups is 1. The van der Waals surface area contributed by atoms with Crippen molar-refractivity contribution >= 4 is 34.2 Å². The molecule has 29 heavy (non-hydrogen) atoms. The minimum absolute atomic E-state index is 0.00850. The Hall–Kier alpha value is -1.64. The fourth-order valence-corrected chi connectivity index (χ4v) is 5.36. The molecular formula is C23H28IN3O2. The monoisotopic (exact) mass is 505 g/mol. The molecule has 0 unspecified atom stereocenters. The highest BCUT2D eigenvalue weighted by Gasteiger charge is 2.34. The van der Waals surface area contributed by atoms with Gasteiger partial charge in [0.15, 0.2) is 0 Å². The van der Waals surface area contributed by atoms with E-state index >= 15 is 0 Å². The third-order valence-corrected chi connectivity index (χ3v) is 7.16. The number of halogens is 1. The Morgan fingerprint density at radius 3 is 2.62 bits per heavy atom. The number of nitrogens with zero attached hydrogens (tertiary/aromatic N) is 2. The maximum atomic E-state index is 11.3. The minimum atomic E-state index is -0.306. The Bertz CT molecular complexity index is 880. The molecule has 2 N–H and O–H groups in total. The van der Waals surface area contributed by atoms with Gasteiger partial charge in [0.1, 0.15) is 0 Å². The lowest BCUT2D eigenvalue weighted by Crippen LogP contribution is -2.56. The van der Waals surface area contributed by atoms with Crippen LogP contribution in [-0.2, 0) is 24.2 Å². The number of fused-ring (bicyclic) bond motifs is 1. The van der Waals surface area contributed by atoms with Crippen LogP contribution in [0.3, 0.4) is 0 Å². The molecule has 2 atom stereocenters. The number of piperazine rings is 1. The van der Waals surface area contributed by atoms with Crippen LogP contribution in [0.2, 0.25) is 0 Å². The van der Waals surface area contributed by atoms with E-state index < -0.39 is 0 Å². The van der Waals surface area contributed by atoms with Gasteiger partial charge in [0.2, 0.25) is 5.91 Å². The molecule has 0 aromatic heterocycles. The second-order valence-corrected chi connectivity index (χ2v) is 9.14. The lowest BCUT2D eigenvalue weighted by atomic mass is 9.85. The summed E-state index contributed by atoms with van der Waals surface area (Å²) < 4.78 is 1.31. The second kappa shape index (κ2) is 9.02. The normalized spacial score (nSPS) is 22.2. The van der Waals surface area contributed by atoms with Crippen molar-refractivity contribution in [3.05, 3.63) is 62.7 Å². The van der Waals surface area contributed by atoms with Gasteiger partial charge in [-0.25, -0.2) is 0 Å². The molecule has 5 nitrogen and oxygen atoms in total. The van der Waals surface area contributed by atoms with Crippen molar-refractivity contribution in [1.82, 2.24) is 10.2 Å². The molecule has 4 rings (SSSR count). The highest BCUT2D eigenvalue weighted by Crippen LogP contribution is 2.30. The van der Waals surface area contributed by atoms with Crippen molar-refractivity contribution in [2.24, 2.45) is 0 Å². The Morgan fingerprint density at radius 2 is 1.86 bits per heavy atom. The Labute approximate surface area is 186 Å². The Balaban J connectivity index is 1.43. The van der Waals surface area contributed by atoms with Crippen molar-refractivity contribution in [3.8, 4) is 0 Å². The van der Waals surface area contributed by atoms with Crippen LogP contribution in [0.5, 0.6) is 0 Å². The van der Waals surface area contributed by atoms with Gasteiger partial charge in [0.25, 0.3) is 0 Å². The third kappa shape index (κ3) is 4.59. The van der Waals surface area contributed by atoms with Gasteiger partial charge in [-0.3, -0.25) is 9.69 Å². The summed E-state index contributed by atoms with van der Waals surface area (Å²) in [7, 11) is 0. The highest BCUT2D eigenvalue weighted by atomic mass is 127. The SMILES string of the molecule is CC(=O)NCc1ccccc1N1CCN([C@@H]2Cc3c(I)cccc3C[C@H]2O)CC1. The smallest absolute Gasteiger partial charge is 0.217 e. The predicted molar refractivity (Wildman–Crippen MR) is 124 cm³/mol. The van der Waals surface area contributed by atoms with Crippen molar-refractivity contribution in [1.29, 1.82) is 0 Å². The first-order valence-corrected chi connectivity index (χ1v) is 11.4. The molecule has 2 aromatic rings. The van der Waals surface area contributed by atoms with Crippen molar-refractivity contribution in [2.75, 3.05) is 31.1 Å². The zero-order valence-electron chi connectivity index (χ0n) is 16.8. The lowest BCUT2D eigenvalue weighted by molar-refractivity contribution is -0.119. The first-order chi connectivity index (χ1) is 14.0. The summed E-state index contributed by atoms with van der Waals surface area (Å²) in [6, 6.07) is 14.9. The van der Waals surface area contributed by atoms with E-state index in [-0.39, 0.29) is 18.1 Å². The molecular weight excluding hydrogens is 477 g/mol. The van der Waals surface area contributed by atoms with Gasteiger partial charge >= 0.3 is 0 Å². The molecule has 2 aromatic carbocycles. The molecule has 6 heteroatoms. The van der Waals surface area contributed by atoms with Gasteiger partial charge in [-0.05, 0) is 57.8 Å². The van der Waals surface area contributed by atoms with Crippen molar-refractivity contribution in [2.45, 2.75) is 38.5 Å². The minimum Gasteiger partial charge on any atom is -0.391 e. The van der Waals surface area contributed by atoms with Crippen LogP contribution < -0.4 is 10.2 Å². The van der Waals surface area contributed by atoms with Crippen molar-refractivity contribution < 1.29 is 9.90 Å². The zero-order chi connectivity index (χ0) is 20.4. The number of aliphatic hydroxyl groups excluding tert-OH is 1. The molecule has 2 aliphatic rings. The molecule has 0 radical (unpaired) electrons. The maximum Gasteiger partial charge on any atom is 0.217 e. The average Bonchev–Trinajstić information content (AvgIpc) is 2.72. The van der Waals surface area contributed by atoms with Crippen LogP contribution in [0.25, 0.3) is 0 Å². The number of benzene rings is 2. The third-order valence-electron chi connectivity index (χ3n) is 6.15. The molecule has 0 bridgehead atoms. The largest absolute Gasteiger partial charge is 0.391 e. The molecule has 1 aliphatic carbocycles. The quantitative estimate of drug-likeness (QED) is 0.628. The lowest BCUT2D eigenvalue weighted by Gasteiger charge is -2.44. The topological polar surface area (TPSA) is 55.8 Å². The van der Waals surface area contributed by atoms with E-state index in [2.05, 4.69) is 74.1 Å². The summed E-state index contributed by atoms with van der Waals surface area (Å²) in [5.74, 6) is -0.00850. The van der Waals surface area contributed by atoms with E-state index in [1.165, 1.54) is 20.4 Å². The predicted octanol–water partition coefficient (Wildman–Crippen LogP) is 2.58. The summed E-state index contributed by atoms with van der Waals surface area (Å²) in [6.45, 7) is 5.85. The van der Waals surface area contributed by atoms with Crippen LogP contribution in [0, 0.1) is 3.57 Å². The number of carbonyl (C=O) groups excluding carboxylic acids is 1. The molecule has 1 saturated heterocycles. The Kier molecular flexibility index (Phi) is 6.41. The molecule has 1 heterocycles.